The molecule has 0 aromatic rings. The third-order valence-corrected chi connectivity index (χ3v) is 4.00. The fraction of sp³-hybridized carbons (Fsp3) is 0.786. The molecule has 2 fully saturated rings. The Kier molecular flexibility index (Phi) is 4.92. The lowest BCUT2D eigenvalue weighted by atomic mass is 9.93. The molecule has 130 valence electrons. The van der Waals surface area contributed by atoms with Gasteiger partial charge >= 0.3 is 17.9 Å². The molecular weight excluding hydrogens is 310 g/mol. The second-order valence-electron chi connectivity index (χ2n) is 5.79. The Morgan fingerprint density at radius 3 is 2.17 bits per heavy atom. The van der Waals surface area contributed by atoms with Crippen molar-refractivity contribution >= 4 is 17.9 Å². The van der Waals surface area contributed by atoms with Crippen LogP contribution in [0.5, 0.6) is 0 Å². The van der Waals surface area contributed by atoms with Crippen LogP contribution in [0.2, 0.25) is 0 Å². The third kappa shape index (κ3) is 3.46. The molecule has 0 aromatic carbocycles. The van der Waals surface area contributed by atoms with Gasteiger partial charge in [-0.2, -0.15) is 0 Å². The summed E-state index contributed by atoms with van der Waals surface area (Å²) in [6.07, 6.45) is -2.36. The minimum absolute atomic E-state index is 0.0487. The summed E-state index contributed by atoms with van der Waals surface area (Å²) in [5.41, 5.74) is 0. The Morgan fingerprint density at radius 2 is 1.65 bits per heavy atom. The topological polar surface area (TPSA) is 123 Å². The van der Waals surface area contributed by atoms with Crippen LogP contribution >= 0.6 is 0 Å². The number of rotatable bonds is 3. The lowest BCUT2D eigenvalue weighted by molar-refractivity contribution is -0.267. The summed E-state index contributed by atoms with van der Waals surface area (Å²) < 4.78 is 15.3. The average Bonchev–Trinajstić information content (AvgIpc) is 2.65. The van der Waals surface area contributed by atoms with Gasteiger partial charge in [-0.15, -0.1) is 0 Å². The van der Waals surface area contributed by atoms with E-state index >= 15 is 0 Å². The number of nitrogens with zero attached hydrogens (tertiary/aromatic N) is 1. The van der Waals surface area contributed by atoms with E-state index in [0.29, 0.717) is 6.42 Å². The Labute approximate surface area is 133 Å². The minimum Gasteiger partial charge on any atom is -0.461 e. The summed E-state index contributed by atoms with van der Waals surface area (Å²) in [6, 6.07) is -1.02. The van der Waals surface area contributed by atoms with Crippen LogP contribution in [0.4, 0.5) is 0 Å². The molecule has 0 aliphatic carbocycles. The molecule has 0 spiro atoms. The Hall–Kier alpha value is -1.71. The number of carbonyl (C=O) groups is 3. The van der Waals surface area contributed by atoms with Gasteiger partial charge in [-0.25, -0.2) is 0 Å². The zero-order valence-electron chi connectivity index (χ0n) is 13.2. The van der Waals surface area contributed by atoms with Gasteiger partial charge in [0.2, 0.25) is 0 Å². The molecule has 2 saturated heterocycles. The fourth-order valence-corrected chi connectivity index (χ4v) is 3.30. The summed E-state index contributed by atoms with van der Waals surface area (Å²) in [4.78, 5) is 35.4. The molecule has 0 radical (unpaired) electrons. The number of aliphatic hydroxyl groups is 2. The molecule has 0 saturated carbocycles. The Balaban J connectivity index is 2.38. The van der Waals surface area contributed by atoms with Gasteiger partial charge in [-0.1, -0.05) is 0 Å². The molecule has 2 rings (SSSR count). The van der Waals surface area contributed by atoms with E-state index in [4.69, 9.17) is 14.2 Å². The molecule has 2 heterocycles. The zero-order valence-corrected chi connectivity index (χ0v) is 13.2. The number of hydrogen-bond acceptors (Lipinski definition) is 9. The molecule has 2 aliphatic heterocycles. The van der Waals surface area contributed by atoms with Crippen molar-refractivity contribution in [3.8, 4) is 0 Å². The van der Waals surface area contributed by atoms with Crippen LogP contribution in [0, 0.1) is 0 Å². The van der Waals surface area contributed by atoms with Crippen LogP contribution in [-0.4, -0.2) is 69.8 Å². The van der Waals surface area contributed by atoms with Gasteiger partial charge in [0.25, 0.3) is 5.79 Å². The second-order valence-corrected chi connectivity index (χ2v) is 5.79. The summed E-state index contributed by atoms with van der Waals surface area (Å²) in [7, 11) is 0. The number of aliphatic hydroxyl groups excluding tert-OH is 1. The third-order valence-electron chi connectivity index (χ3n) is 4.00. The van der Waals surface area contributed by atoms with Crippen molar-refractivity contribution in [1.82, 2.24) is 4.90 Å². The number of hydrogen-bond donors (Lipinski definition) is 2. The molecule has 23 heavy (non-hydrogen) atoms. The highest BCUT2D eigenvalue weighted by atomic mass is 16.7. The summed E-state index contributed by atoms with van der Waals surface area (Å²) in [5.74, 6) is -4.22. The number of piperidine rings is 1. The summed E-state index contributed by atoms with van der Waals surface area (Å²) >= 11 is 0. The number of carbonyl (C=O) groups excluding carboxylic acids is 3. The van der Waals surface area contributed by atoms with Crippen LogP contribution in [0.3, 0.4) is 0 Å². The highest BCUT2D eigenvalue weighted by Gasteiger charge is 2.64. The lowest BCUT2D eigenvalue weighted by Gasteiger charge is -2.43. The molecule has 2 aliphatic rings. The first-order valence-corrected chi connectivity index (χ1v) is 7.35. The Bertz CT molecular complexity index is 509. The van der Waals surface area contributed by atoms with Crippen molar-refractivity contribution in [2.24, 2.45) is 0 Å². The molecule has 9 nitrogen and oxygen atoms in total. The fourth-order valence-electron chi connectivity index (χ4n) is 3.30. The van der Waals surface area contributed by atoms with E-state index in [1.54, 1.807) is 0 Å². The first kappa shape index (κ1) is 17.6. The van der Waals surface area contributed by atoms with Crippen LogP contribution in [0.25, 0.3) is 0 Å². The smallest absolute Gasteiger partial charge is 0.305 e. The van der Waals surface area contributed by atoms with E-state index in [1.807, 2.05) is 0 Å². The maximum Gasteiger partial charge on any atom is 0.305 e. The van der Waals surface area contributed by atoms with Gasteiger partial charge in [0, 0.05) is 27.3 Å². The quantitative estimate of drug-likeness (QED) is 0.377. The molecule has 9 heteroatoms. The first-order chi connectivity index (χ1) is 10.6. The maximum absolute atomic E-state index is 11.4. The van der Waals surface area contributed by atoms with Crippen molar-refractivity contribution in [2.75, 3.05) is 6.54 Å². The van der Waals surface area contributed by atoms with Crippen molar-refractivity contribution in [3.63, 3.8) is 0 Å². The van der Waals surface area contributed by atoms with E-state index in [-0.39, 0.29) is 13.0 Å². The summed E-state index contributed by atoms with van der Waals surface area (Å²) in [5, 5.41) is 21.0. The van der Waals surface area contributed by atoms with E-state index in [9.17, 15) is 24.6 Å². The van der Waals surface area contributed by atoms with Crippen molar-refractivity contribution in [2.45, 2.75) is 63.9 Å². The maximum atomic E-state index is 11.4. The zero-order chi connectivity index (χ0) is 17.4. The molecule has 0 amide bonds. The minimum atomic E-state index is -2.21. The van der Waals surface area contributed by atoms with Crippen LogP contribution in [0.15, 0.2) is 0 Å². The normalized spacial score (nSPS) is 36.9. The van der Waals surface area contributed by atoms with E-state index < -0.39 is 48.2 Å². The van der Waals surface area contributed by atoms with E-state index in [2.05, 4.69) is 0 Å². The molecule has 5 atom stereocenters. The molecule has 2 N–H and O–H groups in total. The Morgan fingerprint density at radius 1 is 1.04 bits per heavy atom. The molecular formula is C14H21NO8. The van der Waals surface area contributed by atoms with Crippen molar-refractivity contribution in [3.05, 3.63) is 0 Å². The standard InChI is InChI=1S/C14H21NO8/c1-7(16)21-10-4-5-12(19)15-6-11(22-8(2)17)14(20,13(10)15)23-9(3)18/h10-13,19-20H,4-6H2,1-3H3/t10-,11-,12?,13?,14-/m1/s1. The van der Waals surface area contributed by atoms with Gasteiger partial charge in [0.05, 0.1) is 0 Å². The van der Waals surface area contributed by atoms with Gasteiger partial charge < -0.3 is 24.4 Å². The highest BCUT2D eigenvalue weighted by Crippen LogP contribution is 2.41. The number of fused-ring (bicyclic) bond motifs is 1. The van der Waals surface area contributed by atoms with Crippen molar-refractivity contribution < 1.29 is 38.8 Å². The van der Waals surface area contributed by atoms with Crippen LogP contribution < -0.4 is 0 Å². The summed E-state index contributed by atoms with van der Waals surface area (Å²) in [6.45, 7) is 3.43. The average molecular weight is 331 g/mol. The van der Waals surface area contributed by atoms with Gasteiger partial charge in [0.1, 0.15) is 18.4 Å². The van der Waals surface area contributed by atoms with Gasteiger partial charge in [-0.05, 0) is 12.8 Å². The molecule has 2 unspecified atom stereocenters. The van der Waals surface area contributed by atoms with E-state index in [0.717, 1.165) is 13.8 Å². The van der Waals surface area contributed by atoms with Gasteiger partial charge in [-0.3, -0.25) is 19.3 Å². The van der Waals surface area contributed by atoms with Crippen LogP contribution in [-0.2, 0) is 28.6 Å². The molecule has 0 aromatic heterocycles. The molecule has 0 bridgehead atoms. The second kappa shape index (κ2) is 6.42. The number of ether oxygens (including phenoxy) is 3. The van der Waals surface area contributed by atoms with Crippen molar-refractivity contribution in [1.29, 1.82) is 0 Å². The monoisotopic (exact) mass is 331 g/mol. The largest absolute Gasteiger partial charge is 0.461 e. The predicted molar refractivity (Wildman–Crippen MR) is 73.6 cm³/mol. The number of esters is 3. The highest BCUT2D eigenvalue weighted by molar-refractivity contribution is 5.68. The predicted octanol–water partition coefficient (Wildman–Crippen LogP) is -1.10. The van der Waals surface area contributed by atoms with E-state index in [1.165, 1.54) is 11.8 Å². The van der Waals surface area contributed by atoms with Gasteiger partial charge in [0.15, 0.2) is 6.10 Å². The van der Waals surface area contributed by atoms with Crippen LogP contribution in [0.1, 0.15) is 33.6 Å². The lowest BCUT2D eigenvalue weighted by Crippen LogP contribution is -2.62. The first-order valence-electron chi connectivity index (χ1n) is 7.35. The SMILES string of the molecule is CC(=O)O[C@@H]1CCC(O)N2C[C@@H](OC(C)=O)[C@@](O)(OC(C)=O)C12.